The molecule has 1 fully saturated rings. The second-order valence-corrected chi connectivity index (χ2v) is 4.88. The predicted octanol–water partition coefficient (Wildman–Crippen LogP) is 4.35. The van der Waals surface area contributed by atoms with Crippen molar-refractivity contribution in [3.8, 4) is 0 Å². The van der Waals surface area contributed by atoms with Crippen LogP contribution >= 0.6 is 0 Å². The largest absolute Gasteiger partial charge is 0.349 e. The van der Waals surface area contributed by atoms with Crippen molar-refractivity contribution in [1.29, 1.82) is 0 Å². The van der Waals surface area contributed by atoms with Crippen LogP contribution in [0.5, 0.6) is 0 Å². The Morgan fingerprint density at radius 1 is 1.26 bits per heavy atom. The Bertz CT molecular complexity index is 348. The third kappa shape index (κ3) is 6.04. The van der Waals surface area contributed by atoms with Gasteiger partial charge in [-0.25, -0.2) is 0 Å². The van der Waals surface area contributed by atoms with Crippen molar-refractivity contribution in [2.45, 2.75) is 58.5 Å². The third-order valence-corrected chi connectivity index (χ3v) is 3.02. The smallest absolute Gasteiger partial charge is 0.162 e. The van der Waals surface area contributed by atoms with Gasteiger partial charge >= 0.3 is 0 Å². The highest BCUT2D eigenvalue weighted by atomic mass is 16.7. The average Bonchev–Trinajstić information content (AvgIpc) is 2.40. The van der Waals surface area contributed by atoms with Crippen molar-refractivity contribution < 1.29 is 9.47 Å². The van der Waals surface area contributed by atoms with Gasteiger partial charge in [0.25, 0.3) is 0 Å². The van der Waals surface area contributed by atoms with E-state index in [4.69, 9.17) is 9.47 Å². The molecule has 2 nitrogen and oxygen atoms in total. The van der Waals surface area contributed by atoms with Gasteiger partial charge in [-0.05, 0) is 32.3 Å². The van der Waals surface area contributed by atoms with Gasteiger partial charge in [0.1, 0.15) is 0 Å². The Morgan fingerprint density at radius 3 is 2.47 bits per heavy atom. The van der Waals surface area contributed by atoms with Crippen molar-refractivity contribution in [3.63, 3.8) is 0 Å². The second kappa shape index (κ2) is 8.89. The first kappa shape index (κ1) is 15.9. The zero-order chi connectivity index (χ0) is 14.1. The quantitative estimate of drug-likeness (QED) is 0.754. The Morgan fingerprint density at radius 2 is 1.89 bits per heavy atom. The van der Waals surface area contributed by atoms with Gasteiger partial charge in [-0.2, -0.15) is 0 Å². The maximum atomic E-state index is 5.89. The Balaban J connectivity index is 0.000000550. The van der Waals surface area contributed by atoms with Crippen molar-refractivity contribution in [3.05, 3.63) is 48.6 Å². The molecule has 1 aromatic carbocycles. The van der Waals surface area contributed by atoms with E-state index >= 15 is 0 Å². The summed E-state index contributed by atoms with van der Waals surface area (Å²) in [7, 11) is 0. The summed E-state index contributed by atoms with van der Waals surface area (Å²) in [6.07, 6.45) is 5.28. The molecule has 0 amide bonds. The van der Waals surface area contributed by atoms with Crippen LogP contribution in [-0.4, -0.2) is 18.5 Å². The van der Waals surface area contributed by atoms with Crippen molar-refractivity contribution in [1.82, 2.24) is 0 Å². The molecule has 1 heterocycles. The van der Waals surface area contributed by atoms with Gasteiger partial charge in [0.15, 0.2) is 6.29 Å². The maximum absolute atomic E-state index is 5.89. The third-order valence-electron chi connectivity index (χ3n) is 3.02. The van der Waals surface area contributed by atoms with Gasteiger partial charge in [-0.1, -0.05) is 43.3 Å². The van der Waals surface area contributed by atoms with Crippen molar-refractivity contribution in [2.75, 3.05) is 0 Å². The van der Waals surface area contributed by atoms with Crippen LogP contribution in [0, 0.1) is 0 Å². The van der Waals surface area contributed by atoms with Crippen LogP contribution in [0.15, 0.2) is 43.0 Å². The molecule has 0 spiro atoms. The van der Waals surface area contributed by atoms with E-state index in [0.717, 1.165) is 19.3 Å². The molecule has 0 aliphatic carbocycles. The molecule has 2 rings (SSSR count). The summed E-state index contributed by atoms with van der Waals surface area (Å²) in [5.41, 5.74) is 1.27. The highest BCUT2D eigenvalue weighted by Gasteiger charge is 2.26. The molecule has 1 aromatic rings. The summed E-state index contributed by atoms with van der Waals surface area (Å²) in [4.78, 5) is 0. The molecule has 0 radical (unpaired) electrons. The van der Waals surface area contributed by atoms with Gasteiger partial charge < -0.3 is 9.47 Å². The number of rotatable bonds is 3. The number of benzene rings is 1. The second-order valence-electron chi connectivity index (χ2n) is 4.88. The minimum atomic E-state index is -0.0731. The van der Waals surface area contributed by atoms with E-state index in [2.05, 4.69) is 44.7 Å². The number of hydrogen-bond donors (Lipinski definition) is 0. The Hall–Kier alpha value is -1.12. The van der Waals surface area contributed by atoms with Crippen molar-refractivity contribution in [2.24, 2.45) is 0 Å². The fourth-order valence-electron chi connectivity index (χ4n) is 2.15. The molecule has 0 bridgehead atoms. The molecule has 0 N–H and O–H groups in total. The van der Waals surface area contributed by atoms with E-state index in [1.54, 1.807) is 6.08 Å². The fourth-order valence-corrected chi connectivity index (χ4v) is 2.15. The SMILES string of the molecule is C=CC.CCC1CC(C)OC(Cc2ccccc2)O1. The first-order valence-electron chi connectivity index (χ1n) is 7.11. The van der Waals surface area contributed by atoms with Gasteiger partial charge in [-0.3, -0.25) is 0 Å². The van der Waals surface area contributed by atoms with Crippen LogP contribution in [0.25, 0.3) is 0 Å². The molecule has 0 saturated carbocycles. The molecule has 0 aromatic heterocycles. The van der Waals surface area contributed by atoms with Gasteiger partial charge in [0, 0.05) is 6.42 Å². The zero-order valence-corrected chi connectivity index (χ0v) is 12.3. The zero-order valence-electron chi connectivity index (χ0n) is 12.3. The first-order chi connectivity index (χ1) is 9.19. The summed E-state index contributed by atoms with van der Waals surface area (Å²) in [6.45, 7) is 9.55. The lowest BCUT2D eigenvalue weighted by atomic mass is 10.1. The Kier molecular flexibility index (Phi) is 7.46. The van der Waals surface area contributed by atoms with Crippen LogP contribution in [0.4, 0.5) is 0 Å². The van der Waals surface area contributed by atoms with Crippen LogP contribution in [0.3, 0.4) is 0 Å². The lowest BCUT2D eigenvalue weighted by molar-refractivity contribution is -0.237. The molecular weight excluding hydrogens is 236 g/mol. The lowest BCUT2D eigenvalue weighted by Crippen LogP contribution is -2.37. The normalized spacial score (nSPS) is 26.2. The maximum Gasteiger partial charge on any atom is 0.162 e. The standard InChI is InChI=1S/C14H20O2.C3H6/c1-3-13-9-11(2)15-14(16-13)10-12-7-5-4-6-8-12;1-3-2/h4-8,11,13-14H,3,9-10H2,1-2H3;3H,1H2,2H3. The molecule has 106 valence electrons. The van der Waals surface area contributed by atoms with E-state index in [0.29, 0.717) is 12.2 Å². The molecule has 1 saturated heterocycles. The molecule has 1 aliphatic heterocycles. The summed E-state index contributed by atoms with van der Waals surface area (Å²) in [6, 6.07) is 10.4. The molecule has 19 heavy (non-hydrogen) atoms. The molecular formula is C17H26O2. The van der Waals surface area contributed by atoms with Gasteiger partial charge in [0.2, 0.25) is 0 Å². The van der Waals surface area contributed by atoms with Gasteiger partial charge in [0.05, 0.1) is 12.2 Å². The van der Waals surface area contributed by atoms with Crippen LogP contribution in [-0.2, 0) is 15.9 Å². The molecule has 1 aliphatic rings. The van der Waals surface area contributed by atoms with Crippen LogP contribution < -0.4 is 0 Å². The van der Waals surface area contributed by atoms with Crippen LogP contribution in [0.2, 0.25) is 0 Å². The van der Waals surface area contributed by atoms with Crippen molar-refractivity contribution >= 4 is 0 Å². The highest BCUT2D eigenvalue weighted by Crippen LogP contribution is 2.22. The summed E-state index contributed by atoms with van der Waals surface area (Å²) < 4.78 is 11.7. The predicted molar refractivity (Wildman–Crippen MR) is 80.1 cm³/mol. The summed E-state index contributed by atoms with van der Waals surface area (Å²) >= 11 is 0. The number of ether oxygens (including phenoxy) is 2. The summed E-state index contributed by atoms with van der Waals surface area (Å²) in [5, 5.41) is 0. The van der Waals surface area contributed by atoms with E-state index in [1.807, 2.05) is 13.0 Å². The average molecular weight is 262 g/mol. The number of hydrogen-bond acceptors (Lipinski definition) is 2. The fraction of sp³-hybridized carbons (Fsp3) is 0.529. The van der Waals surface area contributed by atoms with E-state index in [-0.39, 0.29) is 6.29 Å². The first-order valence-corrected chi connectivity index (χ1v) is 7.11. The molecule has 3 unspecified atom stereocenters. The van der Waals surface area contributed by atoms with Crippen LogP contribution in [0.1, 0.15) is 39.2 Å². The topological polar surface area (TPSA) is 18.5 Å². The molecule has 2 heteroatoms. The Labute approximate surface area is 117 Å². The summed E-state index contributed by atoms with van der Waals surface area (Å²) in [5.74, 6) is 0. The van der Waals surface area contributed by atoms with E-state index in [9.17, 15) is 0 Å². The highest BCUT2D eigenvalue weighted by molar-refractivity contribution is 5.15. The lowest BCUT2D eigenvalue weighted by Gasteiger charge is -2.34. The van der Waals surface area contributed by atoms with Gasteiger partial charge in [-0.15, -0.1) is 6.58 Å². The van der Waals surface area contributed by atoms with E-state index in [1.165, 1.54) is 5.56 Å². The molecule has 3 atom stereocenters. The minimum Gasteiger partial charge on any atom is -0.349 e. The van der Waals surface area contributed by atoms with E-state index < -0.39 is 0 Å². The monoisotopic (exact) mass is 262 g/mol. The minimum absolute atomic E-state index is 0.0731. The number of allylic oxidation sites excluding steroid dienone is 1.